The van der Waals surface area contributed by atoms with Crippen LogP contribution in [0.2, 0.25) is 0 Å². The van der Waals surface area contributed by atoms with Gasteiger partial charge in [-0.3, -0.25) is 4.79 Å². The highest BCUT2D eigenvalue weighted by Crippen LogP contribution is 2.50. The summed E-state index contributed by atoms with van der Waals surface area (Å²) in [6.07, 6.45) is 5.33. The molecule has 0 amide bonds. The first-order chi connectivity index (χ1) is 8.75. The van der Waals surface area contributed by atoms with Gasteiger partial charge in [0.25, 0.3) is 0 Å². The van der Waals surface area contributed by atoms with Gasteiger partial charge in [0, 0.05) is 24.0 Å². The summed E-state index contributed by atoms with van der Waals surface area (Å²) in [7, 11) is 0. The quantitative estimate of drug-likeness (QED) is 0.878. The zero-order valence-corrected chi connectivity index (χ0v) is 10.1. The summed E-state index contributed by atoms with van der Waals surface area (Å²) in [6.45, 7) is 1.07. The van der Waals surface area contributed by atoms with Crippen molar-refractivity contribution >= 4 is 16.9 Å². The molecular formula is C15H15NO2. The molecule has 4 rings (SSSR count). The monoisotopic (exact) mass is 241 g/mol. The number of hydrogen-bond donors (Lipinski definition) is 1. The van der Waals surface area contributed by atoms with Crippen LogP contribution in [0.3, 0.4) is 0 Å². The second kappa shape index (κ2) is 3.37. The van der Waals surface area contributed by atoms with Gasteiger partial charge in [0.15, 0.2) is 0 Å². The third-order valence-corrected chi connectivity index (χ3v) is 4.36. The summed E-state index contributed by atoms with van der Waals surface area (Å²) >= 11 is 0. The molecule has 0 radical (unpaired) electrons. The number of aliphatic carboxylic acids is 1. The van der Waals surface area contributed by atoms with Gasteiger partial charge in [-0.2, -0.15) is 0 Å². The molecule has 1 aromatic heterocycles. The molecule has 2 aliphatic rings. The fourth-order valence-electron chi connectivity index (χ4n) is 3.39. The summed E-state index contributed by atoms with van der Waals surface area (Å²) in [5.74, 6) is -0.569. The molecule has 18 heavy (non-hydrogen) atoms. The minimum Gasteiger partial charge on any atom is -0.481 e. The van der Waals surface area contributed by atoms with E-state index in [0.29, 0.717) is 0 Å². The number of carbonyl (C=O) groups is 1. The number of nitrogens with zero attached hydrogens (tertiary/aromatic N) is 1. The van der Waals surface area contributed by atoms with E-state index in [0.717, 1.165) is 19.4 Å². The minimum atomic E-state index is -0.646. The molecule has 1 aliphatic carbocycles. The first-order valence-corrected chi connectivity index (χ1v) is 6.59. The normalized spacial score (nSPS) is 25.3. The van der Waals surface area contributed by atoms with E-state index in [9.17, 15) is 4.79 Å². The fourth-order valence-corrected chi connectivity index (χ4v) is 3.39. The third kappa shape index (κ3) is 1.27. The van der Waals surface area contributed by atoms with Crippen LogP contribution in [-0.2, 0) is 17.8 Å². The molecule has 2 heterocycles. The molecule has 1 aliphatic heterocycles. The molecule has 1 fully saturated rings. The molecule has 2 unspecified atom stereocenters. The van der Waals surface area contributed by atoms with Crippen LogP contribution in [0.25, 0.3) is 10.9 Å². The Morgan fingerprint density at radius 2 is 2.28 bits per heavy atom. The van der Waals surface area contributed by atoms with Gasteiger partial charge in [-0.15, -0.1) is 0 Å². The average Bonchev–Trinajstić information content (AvgIpc) is 3.09. The summed E-state index contributed by atoms with van der Waals surface area (Å²) < 4.78 is 2.32. The van der Waals surface area contributed by atoms with Gasteiger partial charge in [-0.05, 0) is 30.4 Å². The average molecular weight is 241 g/mol. The van der Waals surface area contributed by atoms with Crippen molar-refractivity contribution in [3.8, 4) is 0 Å². The van der Waals surface area contributed by atoms with Crippen LogP contribution < -0.4 is 0 Å². The van der Waals surface area contributed by atoms with Gasteiger partial charge in [-0.1, -0.05) is 18.2 Å². The van der Waals surface area contributed by atoms with Crippen LogP contribution in [0.1, 0.15) is 29.9 Å². The fraction of sp³-hybridized carbons (Fsp3) is 0.400. The first kappa shape index (κ1) is 10.2. The zero-order chi connectivity index (χ0) is 12.3. The molecule has 3 heteroatoms. The Kier molecular flexibility index (Phi) is 1.91. The van der Waals surface area contributed by atoms with Gasteiger partial charge in [0.05, 0.1) is 11.4 Å². The van der Waals surface area contributed by atoms with E-state index in [2.05, 4.69) is 29.0 Å². The molecule has 2 atom stereocenters. The van der Waals surface area contributed by atoms with Gasteiger partial charge in [0.1, 0.15) is 0 Å². The highest BCUT2D eigenvalue weighted by Gasteiger charge is 2.45. The van der Waals surface area contributed by atoms with Crippen LogP contribution in [0.5, 0.6) is 0 Å². The van der Waals surface area contributed by atoms with Crippen LogP contribution in [-0.4, -0.2) is 15.6 Å². The number of hydrogen-bond acceptors (Lipinski definition) is 1. The lowest BCUT2D eigenvalue weighted by atomic mass is 10.0. The second-order valence-electron chi connectivity index (χ2n) is 5.48. The summed E-state index contributed by atoms with van der Waals surface area (Å²) in [5, 5.41) is 10.4. The van der Waals surface area contributed by atoms with Crippen molar-refractivity contribution in [3.05, 3.63) is 35.5 Å². The third-order valence-electron chi connectivity index (χ3n) is 4.36. The Morgan fingerprint density at radius 3 is 3.06 bits per heavy atom. The Bertz CT molecular complexity index is 656. The number of carboxylic acids is 1. The number of aryl methyl sites for hydroxylation is 2. The number of carboxylic acid groups (broad SMARTS) is 1. The molecule has 1 saturated carbocycles. The predicted octanol–water partition coefficient (Wildman–Crippen LogP) is 2.78. The topological polar surface area (TPSA) is 42.2 Å². The van der Waals surface area contributed by atoms with Crippen molar-refractivity contribution in [2.24, 2.45) is 5.92 Å². The molecule has 1 N–H and O–H groups in total. The highest BCUT2D eigenvalue weighted by molar-refractivity contribution is 5.89. The van der Waals surface area contributed by atoms with E-state index in [1.54, 1.807) is 0 Å². The molecule has 3 nitrogen and oxygen atoms in total. The highest BCUT2D eigenvalue weighted by atomic mass is 16.4. The second-order valence-corrected chi connectivity index (χ2v) is 5.48. The zero-order valence-electron chi connectivity index (χ0n) is 10.1. The van der Waals surface area contributed by atoms with E-state index in [1.807, 2.05) is 0 Å². The molecule has 0 bridgehead atoms. The van der Waals surface area contributed by atoms with E-state index in [4.69, 9.17) is 5.11 Å². The number of aromatic nitrogens is 1. The van der Waals surface area contributed by atoms with E-state index in [-0.39, 0.29) is 11.8 Å². The molecule has 92 valence electrons. The van der Waals surface area contributed by atoms with Gasteiger partial charge >= 0.3 is 5.97 Å². The molecule has 0 saturated heterocycles. The maximum atomic E-state index is 11.0. The molecule has 2 aromatic rings. The number of rotatable bonds is 2. The standard InChI is InChI=1S/C15H15NO2/c17-15(18)12-7-11(12)13-8-16-6-2-4-9-3-1-5-10(13)14(9)16/h1,3,5,8,11-12H,2,4,6-7H2,(H,17,18). The maximum absolute atomic E-state index is 11.0. The summed E-state index contributed by atoms with van der Waals surface area (Å²) in [5.41, 5.74) is 4.01. The van der Waals surface area contributed by atoms with Crippen molar-refractivity contribution in [1.82, 2.24) is 4.57 Å². The van der Waals surface area contributed by atoms with Crippen LogP contribution in [0, 0.1) is 5.92 Å². The van der Waals surface area contributed by atoms with Crippen LogP contribution >= 0.6 is 0 Å². The van der Waals surface area contributed by atoms with Gasteiger partial charge in [0.2, 0.25) is 0 Å². The van der Waals surface area contributed by atoms with Crippen molar-refractivity contribution < 1.29 is 9.90 Å². The lowest BCUT2D eigenvalue weighted by molar-refractivity contribution is -0.138. The van der Waals surface area contributed by atoms with Gasteiger partial charge in [-0.25, -0.2) is 0 Å². The number of para-hydroxylation sites is 1. The van der Waals surface area contributed by atoms with Crippen molar-refractivity contribution in [3.63, 3.8) is 0 Å². The Labute approximate surface area is 105 Å². The Morgan fingerprint density at radius 1 is 1.39 bits per heavy atom. The Hall–Kier alpha value is -1.77. The maximum Gasteiger partial charge on any atom is 0.307 e. The van der Waals surface area contributed by atoms with Crippen molar-refractivity contribution in [2.45, 2.75) is 31.7 Å². The van der Waals surface area contributed by atoms with Crippen LogP contribution in [0.4, 0.5) is 0 Å². The molecule has 1 aromatic carbocycles. The lowest BCUT2D eigenvalue weighted by Gasteiger charge is -2.14. The summed E-state index contributed by atoms with van der Waals surface area (Å²) in [4.78, 5) is 11.0. The number of benzene rings is 1. The largest absolute Gasteiger partial charge is 0.481 e. The van der Waals surface area contributed by atoms with Crippen molar-refractivity contribution in [1.29, 1.82) is 0 Å². The molecule has 0 spiro atoms. The predicted molar refractivity (Wildman–Crippen MR) is 68.7 cm³/mol. The minimum absolute atomic E-state index is 0.159. The van der Waals surface area contributed by atoms with Crippen molar-refractivity contribution in [2.75, 3.05) is 0 Å². The van der Waals surface area contributed by atoms with Crippen LogP contribution in [0.15, 0.2) is 24.4 Å². The lowest BCUT2D eigenvalue weighted by Crippen LogP contribution is -2.05. The Balaban J connectivity index is 1.89. The van der Waals surface area contributed by atoms with E-state index >= 15 is 0 Å². The van der Waals surface area contributed by atoms with Gasteiger partial charge < -0.3 is 9.67 Å². The van der Waals surface area contributed by atoms with E-state index < -0.39 is 5.97 Å². The smallest absolute Gasteiger partial charge is 0.307 e. The molecular weight excluding hydrogens is 226 g/mol. The van der Waals surface area contributed by atoms with E-state index in [1.165, 1.54) is 28.5 Å². The summed E-state index contributed by atoms with van der Waals surface area (Å²) in [6, 6.07) is 6.45. The SMILES string of the molecule is O=C(O)C1CC1c1cn2c3c(cccc13)CCC2. The first-order valence-electron chi connectivity index (χ1n) is 6.59.